The fraction of sp³-hybridized carbons (Fsp3) is 0.263. The molecule has 0 saturated carbocycles. The highest BCUT2D eigenvalue weighted by atomic mass is 35.5. The van der Waals surface area contributed by atoms with Gasteiger partial charge in [0, 0.05) is 23.8 Å². The van der Waals surface area contributed by atoms with Crippen LogP contribution in [-0.4, -0.2) is 18.4 Å². The van der Waals surface area contributed by atoms with Crippen LogP contribution in [0.4, 0.5) is 18.9 Å². The van der Waals surface area contributed by atoms with Crippen LogP contribution in [0.3, 0.4) is 0 Å². The summed E-state index contributed by atoms with van der Waals surface area (Å²) >= 11 is 5.83. The Hall–Kier alpha value is -2.54. The molecule has 2 aromatic carbocycles. The fourth-order valence-corrected chi connectivity index (χ4v) is 3.10. The van der Waals surface area contributed by atoms with Crippen LogP contribution >= 0.6 is 11.6 Å². The molecule has 0 aliphatic carbocycles. The molecule has 0 unspecified atom stereocenters. The van der Waals surface area contributed by atoms with Gasteiger partial charge in [0.15, 0.2) is 0 Å². The Kier molecular flexibility index (Phi) is 5.41. The first-order chi connectivity index (χ1) is 12.8. The number of anilines is 1. The van der Waals surface area contributed by atoms with Crippen molar-refractivity contribution in [3.8, 4) is 0 Å². The zero-order valence-electron chi connectivity index (χ0n) is 14.1. The Labute approximate surface area is 158 Å². The van der Waals surface area contributed by atoms with Crippen molar-refractivity contribution < 1.29 is 22.8 Å². The Morgan fingerprint density at radius 2 is 1.89 bits per heavy atom. The number of alkyl halides is 3. The molecule has 0 bridgehead atoms. The lowest BCUT2D eigenvalue weighted by atomic mass is 10.1. The van der Waals surface area contributed by atoms with Crippen molar-refractivity contribution in [1.29, 1.82) is 0 Å². The summed E-state index contributed by atoms with van der Waals surface area (Å²) in [6.45, 7) is 0.315. The Bertz CT molecular complexity index is 853. The normalized spacial score (nSPS) is 17.3. The minimum absolute atomic E-state index is 0.0759. The van der Waals surface area contributed by atoms with Gasteiger partial charge in [0.25, 0.3) is 0 Å². The zero-order chi connectivity index (χ0) is 19.6. The summed E-state index contributed by atoms with van der Waals surface area (Å²) in [5, 5.41) is 3.10. The second kappa shape index (κ2) is 7.60. The predicted molar refractivity (Wildman–Crippen MR) is 95.2 cm³/mol. The Morgan fingerprint density at radius 1 is 1.19 bits per heavy atom. The van der Waals surface area contributed by atoms with Gasteiger partial charge in [-0.2, -0.15) is 13.2 Å². The third-order valence-electron chi connectivity index (χ3n) is 4.38. The van der Waals surface area contributed by atoms with Gasteiger partial charge in [-0.15, -0.1) is 0 Å². The maximum absolute atomic E-state index is 12.7. The lowest BCUT2D eigenvalue weighted by molar-refractivity contribution is -0.137. The number of carbonyl (C=O) groups excluding carboxylic acids is 2. The van der Waals surface area contributed by atoms with Crippen molar-refractivity contribution in [3.63, 3.8) is 0 Å². The summed E-state index contributed by atoms with van der Waals surface area (Å²) in [5.41, 5.74) is 0.191. The van der Waals surface area contributed by atoms with E-state index in [1.165, 1.54) is 17.0 Å². The molecule has 1 saturated heterocycles. The molecule has 1 aliphatic rings. The number of halogens is 4. The number of hydrogen-bond acceptors (Lipinski definition) is 2. The molecule has 142 valence electrons. The predicted octanol–water partition coefficient (Wildman–Crippen LogP) is 4.03. The molecule has 1 heterocycles. The van der Waals surface area contributed by atoms with E-state index in [0.717, 1.165) is 12.1 Å². The number of nitrogens with one attached hydrogen (secondary N) is 1. The third-order valence-corrected chi connectivity index (χ3v) is 4.63. The van der Waals surface area contributed by atoms with Gasteiger partial charge in [-0.05, 0) is 48.4 Å². The summed E-state index contributed by atoms with van der Waals surface area (Å²) in [7, 11) is 0. The highest BCUT2D eigenvalue weighted by Gasteiger charge is 2.37. The third kappa shape index (κ3) is 4.42. The van der Waals surface area contributed by atoms with E-state index < -0.39 is 23.6 Å². The number of nitrogens with zero attached hydrogens (tertiary/aromatic N) is 1. The lowest BCUT2D eigenvalue weighted by Crippen LogP contribution is -2.36. The van der Waals surface area contributed by atoms with E-state index in [0.29, 0.717) is 29.2 Å². The van der Waals surface area contributed by atoms with Crippen LogP contribution in [0.2, 0.25) is 5.02 Å². The van der Waals surface area contributed by atoms with Gasteiger partial charge in [0.1, 0.15) is 5.92 Å². The molecule has 1 N–H and O–H groups in total. The fourth-order valence-electron chi connectivity index (χ4n) is 2.97. The lowest BCUT2D eigenvalue weighted by Gasteiger charge is -2.17. The monoisotopic (exact) mass is 396 g/mol. The maximum Gasteiger partial charge on any atom is 0.416 e. The quantitative estimate of drug-likeness (QED) is 0.793. The molecule has 1 fully saturated rings. The van der Waals surface area contributed by atoms with E-state index in [1.54, 1.807) is 24.3 Å². The first-order valence-electron chi connectivity index (χ1n) is 8.26. The SMILES string of the molecule is O=C(NCc1cccc(C(F)(F)F)c1)[C@@H]1CCN(c2ccc(Cl)cc2)C1=O. The molecule has 4 nitrogen and oxygen atoms in total. The molecule has 0 radical (unpaired) electrons. The van der Waals surface area contributed by atoms with Crippen molar-refractivity contribution in [2.45, 2.75) is 19.1 Å². The molecule has 8 heteroatoms. The smallest absolute Gasteiger partial charge is 0.351 e. The van der Waals surface area contributed by atoms with Crippen LogP contribution in [0, 0.1) is 5.92 Å². The van der Waals surface area contributed by atoms with E-state index in [9.17, 15) is 22.8 Å². The van der Waals surface area contributed by atoms with Crippen LogP contribution < -0.4 is 10.2 Å². The molecular weight excluding hydrogens is 381 g/mol. The summed E-state index contributed by atoms with van der Waals surface area (Å²) in [6.07, 6.45) is -4.10. The Morgan fingerprint density at radius 3 is 2.56 bits per heavy atom. The number of carbonyl (C=O) groups is 2. The molecular formula is C19H16ClF3N2O2. The van der Waals surface area contributed by atoms with E-state index in [-0.39, 0.29) is 12.5 Å². The van der Waals surface area contributed by atoms with Gasteiger partial charge >= 0.3 is 6.18 Å². The summed E-state index contributed by atoms with van der Waals surface area (Å²) in [6, 6.07) is 11.4. The van der Waals surface area contributed by atoms with Crippen LogP contribution in [0.1, 0.15) is 17.5 Å². The molecule has 0 spiro atoms. The number of benzene rings is 2. The second-order valence-electron chi connectivity index (χ2n) is 6.22. The summed E-state index contributed by atoms with van der Waals surface area (Å²) in [5.74, 6) is -1.68. The number of rotatable bonds is 4. The van der Waals surface area contributed by atoms with Crippen molar-refractivity contribution >= 4 is 29.1 Å². The number of hydrogen-bond donors (Lipinski definition) is 1. The largest absolute Gasteiger partial charge is 0.416 e. The molecule has 2 aromatic rings. The first kappa shape index (κ1) is 19.2. The van der Waals surface area contributed by atoms with Gasteiger partial charge in [0.2, 0.25) is 11.8 Å². The molecule has 1 aliphatic heterocycles. The molecule has 2 amide bonds. The van der Waals surface area contributed by atoms with Crippen LogP contribution in [0.15, 0.2) is 48.5 Å². The van der Waals surface area contributed by atoms with Crippen molar-refractivity contribution in [2.75, 3.05) is 11.4 Å². The molecule has 27 heavy (non-hydrogen) atoms. The maximum atomic E-state index is 12.7. The minimum atomic E-state index is -4.44. The van der Waals surface area contributed by atoms with Gasteiger partial charge in [-0.25, -0.2) is 0 Å². The topological polar surface area (TPSA) is 49.4 Å². The van der Waals surface area contributed by atoms with Crippen molar-refractivity contribution in [2.24, 2.45) is 5.92 Å². The second-order valence-corrected chi connectivity index (χ2v) is 6.66. The highest BCUT2D eigenvalue weighted by molar-refractivity contribution is 6.30. The van der Waals surface area contributed by atoms with Gasteiger partial charge in [-0.1, -0.05) is 23.7 Å². The summed E-state index contributed by atoms with van der Waals surface area (Å²) < 4.78 is 38.2. The van der Waals surface area contributed by atoms with E-state index >= 15 is 0 Å². The minimum Gasteiger partial charge on any atom is -0.351 e. The molecule has 1 atom stereocenters. The first-order valence-corrected chi connectivity index (χ1v) is 8.64. The van der Waals surface area contributed by atoms with Crippen LogP contribution in [0.5, 0.6) is 0 Å². The average molecular weight is 397 g/mol. The van der Waals surface area contributed by atoms with Gasteiger partial charge in [0.05, 0.1) is 5.56 Å². The van der Waals surface area contributed by atoms with E-state index in [4.69, 9.17) is 11.6 Å². The highest BCUT2D eigenvalue weighted by Crippen LogP contribution is 2.30. The zero-order valence-corrected chi connectivity index (χ0v) is 14.8. The number of amides is 2. The van der Waals surface area contributed by atoms with E-state index in [2.05, 4.69) is 5.32 Å². The molecule has 3 rings (SSSR count). The molecule has 0 aromatic heterocycles. The average Bonchev–Trinajstić information content (AvgIpc) is 3.01. The van der Waals surface area contributed by atoms with Gasteiger partial charge < -0.3 is 10.2 Å². The summed E-state index contributed by atoms with van der Waals surface area (Å²) in [4.78, 5) is 26.4. The van der Waals surface area contributed by atoms with Crippen molar-refractivity contribution in [1.82, 2.24) is 5.32 Å². The van der Waals surface area contributed by atoms with E-state index in [1.807, 2.05) is 0 Å². The van der Waals surface area contributed by atoms with Crippen LogP contribution in [-0.2, 0) is 22.3 Å². The Balaban J connectivity index is 1.62. The standard InChI is InChI=1S/C19H16ClF3N2O2/c20-14-4-6-15(7-5-14)25-9-8-16(18(25)27)17(26)24-11-12-2-1-3-13(10-12)19(21,22)23/h1-7,10,16H,8-9,11H2,(H,24,26)/t16-/m0/s1. The van der Waals surface area contributed by atoms with Crippen molar-refractivity contribution in [3.05, 3.63) is 64.7 Å². The van der Waals surface area contributed by atoms with Gasteiger partial charge in [-0.3, -0.25) is 9.59 Å². The van der Waals surface area contributed by atoms with Crippen LogP contribution in [0.25, 0.3) is 0 Å².